The molecule has 1 aliphatic carbocycles. The van der Waals surface area contributed by atoms with Crippen LogP contribution in [0, 0.1) is 0 Å². The number of carbonyl (C=O) groups is 2. The molecule has 0 saturated heterocycles. The fourth-order valence-corrected chi connectivity index (χ4v) is 7.33. The number of rotatable bonds is 39. The minimum Gasteiger partial charge on any atom is -0.491 e. The predicted octanol–water partition coefficient (Wildman–Crippen LogP) is 6.42. The van der Waals surface area contributed by atoms with Gasteiger partial charge in [-0.15, -0.1) is 0 Å². The summed E-state index contributed by atoms with van der Waals surface area (Å²) in [7, 11) is 0. The number of hydrogen-bond donors (Lipinski definition) is 0. The summed E-state index contributed by atoms with van der Waals surface area (Å²) in [5.74, 6) is 0.586. The Morgan fingerprint density at radius 2 is 0.618 bits per heavy atom. The van der Waals surface area contributed by atoms with Gasteiger partial charge in [0.15, 0.2) is 0 Å². The van der Waals surface area contributed by atoms with Crippen LogP contribution in [0.3, 0.4) is 0 Å². The molecule has 15 heteroatoms. The third-order valence-corrected chi connectivity index (χ3v) is 10.4. The van der Waals surface area contributed by atoms with Gasteiger partial charge in [-0.1, -0.05) is 86.0 Å². The van der Waals surface area contributed by atoms with Gasteiger partial charge >= 0.3 is 11.9 Å². The Morgan fingerprint density at radius 1 is 0.353 bits per heavy atom. The van der Waals surface area contributed by atoms with Crippen molar-refractivity contribution in [3.05, 3.63) is 145 Å². The van der Waals surface area contributed by atoms with E-state index < -0.39 is 17.4 Å². The number of ether oxygens (including phenoxy) is 13. The van der Waals surface area contributed by atoms with Crippen LogP contribution in [0.5, 0.6) is 11.5 Å². The molecule has 15 nitrogen and oxygen atoms in total. The third kappa shape index (κ3) is 17.9. The van der Waals surface area contributed by atoms with Crippen molar-refractivity contribution in [2.24, 2.45) is 0 Å². The summed E-state index contributed by atoms with van der Waals surface area (Å²) in [4.78, 5) is 21.9. The fraction of sp³-hybridized carbons (Fsp3) is 0.434. The number of benzene rings is 4. The highest BCUT2D eigenvalue weighted by atomic mass is 16.6. The van der Waals surface area contributed by atoms with E-state index in [1.54, 1.807) is 0 Å². The van der Waals surface area contributed by atoms with Crippen LogP contribution in [-0.2, 0) is 67.1 Å². The lowest BCUT2D eigenvalue weighted by Crippen LogP contribution is -2.28. The average Bonchev–Trinajstić information content (AvgIpc) is 3.68. The van der Waals surface area contributed by atoms with Crippen LogP contribution in [0.25, 0.3) is 11.1 Å². The van der Waals surface area contributed by atoms with E-state index in [1.165, 1.54) is 22.3 Å². The maximum atomic E-state index is 11.0. The summed E-state index contributed by atoms with van der Waals surface area (Å²) in [6, 6.07) is 34.0. The monoisotopic (exact) mass is 942 g/mol. The van der Waals surface area contributed by atoms with Crippen LogP contribution in [-0.4, -0.2) is 157 Å². The predicted molar refractivity (Wildman–Crippen MR) is 254 cm³/mol. The summed E-state index contributed by atoms with van der Waals surface area (Å²) in [5.41, 5.74) is 6.57. The summed E-state index contributed by atoms with van der Waals surface area (Å²) in [6.45, 7) is 15.5. The standard InChI is InChI=1S/C53H66O15/c1-3-51(54)67-41-37-63-33-29-59-24-22-56-21-23-57-27-31-61-35-39-65-45-17-13-43(14-18-45)53(49-11-7-5-9-47(49)48-10-6-8-12-50(48)53)44-15-19-46(20-16-44)66-40-36-62-32-28-58-25-26-60-30-34-64-38-42-68-52(55)4-2/h3-20H,1-2,21-42H2. The molecule has 68 heavy (non-hydrogen) atoms. The van der Waals surface area contributed by atoms with E-state index in [2.05, 4.69) is 86.0 Å². The Kier molecular flexibility index (Phi) is 25.4. The van der Waals surface area contributed by atoms with Gasteiger partial charge in [0.1, 0.15) is 37.9 Å². The lowest BCUT2D eigenvalue weighted by atomic mass is 9.68. The topological polar surface area (TPSA) is 154 Å². The van der Waals surface area contributed by atoms with Gasteiger partial charge in [-0.25, -0.2) is 9.59 Å². The molecule has 0 unspecified atom stereocenters. The molecule has 0 atom stereocenters. The molecular formula is C53H66O15. The van der Waals surface area contributed by atoms with Gasteiger partial charge in [0.05, 0.1) is 124 Å². The second-order valence-corrected chi connectivity index (χ2v) is 14.8. The quantitative estimate of drug-likeness (QED) is 0.0242. The molecule has 368 valence electrons. The van der Waals surface area contributed by atoms with E-state index in [9.17, 15) is 9.59 Å². The van der Waals surface area contributed by atoms with Gasteiger partial charge in [0, 0.05) is 12.2 Å². The van der Waals surface area contributed by atoms with Crippen LogP contribution in [0.4, 0.5) is 0 Å². The largest absolute Gasteiger partial charge is 0.491 e. The lowest BCUT2D eigenvalue weighted by Gasteiger charge is -2.34. The molecule has 0 saturated carbocycles. The van der Waals surface area contributed by atoms with Crippen molar-refractivity contribution in [1.29, 1.82) is 0 Å². The van der Waals surface area contributed by atoms with Crippen molar-refractivity contribution >= 4 is 11.9 Å². The van der Waals surface area contributed by atoms with E-state index in [0.29, 0.717) is 132 Å². The fourth-order valence-electron chi connectivity index (χ4n) is 7.33. The van der Waals surface area contributed by atoms with E-state index in [1.807, 2.05) is 24.3 Å². The molecule has 1 aliphatic rings. The van der Waals surface area contributed by atoms with E-state index in [4.69, 9.17) is 61.6 Å². The average molecular weight is 943 g/mol. The Bertz CT molecular complexity index is 1990. The molecule has 0 amide bonds. The Balaban J connectivity index is 0.978. The summed E-state index contributed by atoms with van der Waals surface area (Å²) in [6.07, 6.45) is 2.23. The molecule has 0 N–H and O–H groups in total. The Hall–Kier alpha value is -5.46. The normalized spacial score (nSPS) is 12.2. The van der Waals surface area contributed by atoms with E-state index in [0.717, 1.165) is 34.8 Å². The van der Waals surface area contributed by atoms with Gasteiger partial charge < -0.3 is 61.6 Å². The SMILES string of the molecule is C=CC(=O)OCCOCCOCCOCCOCCOCCOc1ccc(C2(c3ccc(OCCOCCOCCOCCOCCOC(=O)C=C)cc3)c3ccccc3-c3ccccc32)cc1. The highest BCUT2D eigenvalue weighted by molar-refractivity contribution is 5.86. The maximum absolute atomic E-state index is 11.0. The van der Waals surface area contributed by atoms with Crippen molar-refractivity contribution in [2.75, 3.05) is 145 Å². The molecule has 0 spiro atoms. The van der Waals surface area contributed by atoms with Crippen LogP contribution in [0.15, 0.2) is 122 Å². The Labute approximate surface area is 400 Å². The summed E-state index contributed by atoms with van der Waals surface area (Å²) >= 11 is 0. The molecular weight excluding hydrogens is 877 g/mol. The van der Waals surface area contributed by atoms with Gasteiger partial charge in [0.25, 0.3) is 0 Å². The minimum absolute atomic E-state index is 0.183. The summed E-state index contributed by atoms with van der Waals surface area (Å²) in [5, 5.41) is 0. The molecule has 0 aromatic heterocycles. The van der Waals surface area contributed by atoms with Crippen LogP contribution < -0.4 is 9.47 Å². The van der Waals surface area contributed by atoms with Crippen molar-refractivity contribution < 1.29 is 71.2 Å². The zero-order valence-electron chi connectivity index (χ0n) is 39.0. The number of hydrogen-bond acceptors (Lipinski definition) is 15. The van der Waals surface area contributed by atoms with Gasteiger partial charge in [-0.3, -0.25) is 0 Å². The van der Waals surface area contributed by atoms with Crippen LogP contribution in [0.1, 0.15) is 22.3 Å². The van der Waals surface area contributed by atoms with Gasteiger partial charge in [-0.2, -0.15) is 0 Å². The second kappa shape index (κ2) is 32.3. The van der Waals surface area contributed by atoms with Gasteiger partial charge in [0.2, 0.25) is 0 Å². The molecule has 0 bridgehead atoms. The smallest absolute Gasteiger partial charge is 0.330 e. The number of fused-ring (bicyclic) bond motifs is 3. The zero-order valence-corrected chi connectivity index (χ0v) is 39.0. The first-order chi connectivity index (χ1) is 33.6. The number of carbonyl (C=O) groups excluding carboxylic acids is 2. The zero-order chi connectivity index (χ0) is 47.8. The Morgan fingerprint density at radius 3 is 0.912 bits per heavy atom. The first-order valence-corrected chi connectivity index (χ1v) is 23.0. The molecule has 5 rings (SSSR count). The first-order valence-electron chi connectivity index (χ1n) is 23.0. The van der Waals surface area contributed by atoms with E-state index in [-0.39, 0.29) is 13.2 Å². The van der Waals surface area contributed by atoms with Crippen molar-refractivity contribution in [1.82, 2.24) is 0 Å². The third-order valence-electron chi connectivity index (χ3n) is 10.4. The van der Waals surface area contributed by atoms with Crippen molar-refractivity contribution in [3.63, 3.8) is 0 Å². The molecule has 0 heterocycles. The summed E-state index contributed by atoms with van der Waals surface area (Å²) < 4.78 is 71.6. The maximum Gasteiger partial charge on any atom is 0.330 e. The molecule has 0 aliphatic heterocycles. The van der Waals surface area contributed by atoms with Crippen LogP contribution in [0.2, 0.25) is 0 Å². The molecule has 0 fully saturated rings. The van der Waals surface area contributed by atoms with Crippen LogP contribution >= 0.6 is 0 Å². The van der Waals surface area contributed by atoms with Gasteiger partial charge in [-0.05, 0) is 57.6 Å². The second-order valence-electron chi connectivity index (χ2n) is 14.8. The van der Waals surface area contributed by atoms with Crippen molar-refractivity contribution in [2.45, 2.75) is 5.41 Å². The molecule has 4 aromatic carbocycles. The molecule has 0 radical (unpaired) electrons. The van der Waals surface area contributed by atoms with E-state index >= 15 is 0 Å². The number of esters is 2. The molecule has 4 aromatic rings. The minimum atomic E-state index is -0.556. The highest BCUT2D eigenvalue weighted by Gasteiger charge is 2.45. The lowest BCUT2D eigenvalue weighted by molar-refractivity contribution is -0.140. The highest BCUT2D eigenvalue weighted by Crippen LogP contribution is 2.56. The van der Waals surface area contributed by atoms with Crippen molar-refractivity contribution in [3.8, 4) is 22.6 Å². The first kappa shape index (κ1) is 53.5.